The van der Waals surface area contributed by atoms with E-state index in [-0.39, 0.29) is 0 Å². The molecule has 1 nitrogen and oxygen atoms in total. The second-order valence-electron chi connectivity index (χ2n) is 5.65. The molecule has 0 heterocycles. The topological polar surface area (TPSA) is 9.23 Å². The predicted octanol–water partition coefficient (Wildman–Crippen LogP) is 6.00. The highest BCUT2D eigenvalue weighted by molar-refractivity contribution is 5.30. The third kappa shape index (κ3) is 5.56. The molecule has 1 heteroatoms. The molecular formula is C19H31O. The van der Waals surface area contributed by atoms with Crippen molar-refractivity contribution in [1.82, 2.24) is 0 Å². The van der Waals surface area contributed by atoms with E-state index in [0.29, 0.717) is 11.8 Å². The molecule has 0 aliphatic rings. The number of unbranched alkanes of at least 4 members (excludes halogenated alkanes) is 2. The third-order valence-electron chi connectivity index (χ3n) is 4.03. The van der Waals surface area contributed by atoms with Crippen molar-refractivity contribution < 1.29 is 4.74 Å². The van der Waals surface area contributed by atoms with Crippen molar-refractivity contribution in [2.45, 2.75) is 65.2 Å². The van der Waals surface area contributed by atoms with E-state index in [1.54, 1.807) is 0 Å². The first-order chi connectivity index (χ1) is 9.72. The predicted molar refractivity (Wildman–Crippen MR) is 88.2 cm³/mol. The lowest BCUT2D eigenvalue weighted by Crippen LogP contribution is -2.10. The van der Waals surface area contributed by atoms with Crippen LogP contribution in [0, 0.1) is 12.8 Å². The lowest BCUT2D eigenvalue weighted by atomic mass is 9.81. The van der Waals surface area contributed by atoms with E-state index in [9.17, 15) is 0 Å². The van der Waals surface area contributed by atoms with Crippen LogP contribution in [0.25, 0.3) is 0 Å². The van der Waals surface area contributed by atoms with E-state index in [1.165, 1.54) is 44.1 Å². The second-order valence-corrected chi connectivity index (χ2v) is 5.65. The van der Waals surface area contributed by atoms with E-state index in [2.05, 4.69) is 45.0 Å². The fourth-order valence-corrected chi connectivity index (χ4v) is 2.82. The van der Waals surface area contributed by atoms with Gasteiger partial charge in [0.15, 0.2) is 0 Å². The summed E-state index contributed by atoms with van der Waals surface area (Å²) in [5, 5.41) is 0. The van der Waals surface area contributed by atoms with Crippen LogP contribution in [0.15, 0.2) is 24.3 Å². The van der Waals surface area contributed by atoms with Gasteiger partial charge >= 0.3 is 0 Å². The standard InChI is InChI=1S/C19H31O/c1-5-8-9-11-17(10-6-2)16(4)18-12-14-19(15-13-18)20-7-3/h12-17H,4-11H2,1-3H3. The first-order valence-electron chi connectivity index (χ1n) is 8.28. The molecule has 113 valence electrons. The van der Waals surface area contributed by atoms with Gasteiger partial charge in [0, 0.05) is 0 Å². The smallest absolute Gasteiger partial charge is 0.119 e. The highest BCUT2D eigenvalue weighted by atomic mass is 16.5. The van der Waals surface area contributed by atoms with Crippen molar-refractivity contribution in [1.29, 1.82) is 0 Å². The van der Waals surface area contributed by atoms with Gasteiger partial charge in [-0.2, -0.15) is 0 Å². The Kier molecular flexibility index (Phi) is 8.41. The van der Waals surface area contributed by atoms with E-state index < -0.39 is 0 Å². The van der Waals surface area contributed by atoms with Crippen LogP contribution in [0.2, 0.25) is 0 Å². The van der Waals surface area contributed by atoms with Gasteiger partial charge in [-0.3, -0.25) is 0 Å². The Morgan fingerprint density at radius 2 is 1.65 bits per heavy atom. The SMILES string of the molecule is [CH2]C(c1ccc(OCC)cc1)C(CCC)CCCCC. The molecule has 20 heavy (non-hydrogen) atoms. The maximum Gasteiger partial charge on any atom is 0.119 e. The van der Waals surface area contributed by atoms with Gasteiger partial charge in [-0.1, -0.05) is 58.1 Å². The van der Waals surface area contributed by atoms with Gasteiger partial charge in [-0.25, -0.2) is 0 Å². The average Bonchev–Trinajstić information content (AvgIpc) is 2.47. The van der Waals surface area contributed by atoms with Gasteiger partial charge in [0.1, 0.15) is 5.75 Å². The molecule has 1 aromatic carbocycles. The fraction of sp³-hybridized carbons (Fsp3) is 0.632. The van der Waals surface area contributed by atoms with Gasteiger partial charge in [0.25, 0.3) is 0 Å². The van der Waals surface area contributed by atoms with Gasteiger partial charge in [-0.05, 0) is 49.8 Å². The lowest BCUT2D eigenvalue weighted by Gasteiger charge is -2.24. The summed E-state index contributed by atoms with van der Waals surface area (Å²) in [5.74, 6) is 2.08. The average molecular weight is 275 g/mol. The minimum Gasteiger partial charge on any atom is -0.494 e. The number of benzene rings is 1. The number of ether oxygens (including phenoxy) is 1. The van der Waals surface area contributed by atoms with Crippen LogP contribution >= 0.6 is 0 Å². The number of hydrogen-bond acceptors (Lipinski definition) is 1. The zero-order valence-corrected chi connectivity index (χ0v) is 13.5. The van der Waals surface area contributed by atoms with E-state index in [0.717, 1.165) is 12.4 Å². The summed E-state index contributed by atoms with van der Waals surface area (Å²) >= 11 is 0. The highest BCUT2D eigenvalue weighted by Crippen LogP contribution is 2.32. The molecule has 0 fully saturated rings. The molecule has 1 radical (unpaired) electrons. The summed E-state index contributed by atoms with van der Waals surface area (Å²) in [7, 11) is 0. The molecule has 1 rings (SSSR count). The molecule has 0 amide bonds. The molecule has 2 atom stereocenters. The molecule has 0 aliphatic carbocycles. The van der Waals surface area contributed by atoms with Gasteiger partial charge in [-0.15, -0.1) is 0 Å². The Hall–Kier alpha value is -0.980. The van der Waals surface area contributed by atoms with Crippen molar-refractivity contribution in [2.24, 2.45) is 5.92 Å². The normalized spacial score (nSPS) is 14.0. The van der Waals surface area contributed by atoms with Crippen LogP contribution in [-0.2, 0) is 0 Å². The van der Waals surface area contributed by atoms with Gasteiger partial charge in [0.05, 0.1) is 6.61 Å². The first kappa shape index (κ1) is 17.1. The summed E-state index contributed by atoms with van der Waals surface area (Å²) in [4.78, 5) is 0. The van der Waals surface area contributed by atoms with Crippen molar-refractivity contribution in [3.63, 3.8) is 0 Å². The Labute approximate surface area is 125 Å². The molecule has 0 saturated carbocycles. The largest absolute Gasteiger partial charge is 0.494 e. The minimum atomic E-state index is 0.405. The molecule has 0 saturated heterocycles. The monoisotopic (exact) mass is 275 g/mol. The van der Waals surface area contributed by atoms with E-state index >= 15 is 0 Å². The third-order valence-corrected chi connectivity index (χ3v) is 4.03. The minimum absolute atomic E-state index is 0.405. The Morgan fingerprint density at radius 3 is 2.20 bits per heavy atom. The molecule has 0 N–H and O–H groups in total. The zero-order chi connectivity index (χ0) is 14.8. The molecule has 0 spiro atoms. The number of hydrogen-bond donors (Lipinski definition) is 0. The van der Waals surface area contributed by atoms with Crippen LogP contribution in [0.3, 0.4) is 0 Å². The molecule has 2 unspecified atom stereocenters. The molecule has 0 aliphatic heterocycles. The van der Waals surface area contributed by atoms with Gasteiger partial charge < -0.3 is 4.74 Å². The molecule has 0 bridgehead atoms. The molecule has 0 aromatic heterocycles. The lowest BCUT2D eigenvalue weighted by molar-refractivity contribution is 0.339. The maximum atomic E-state index is 5.51. The fourth-order valence-electron chi connectivity index (χ4n) is 2.82. The van der Waals surface area contributed by atoms with Crippen LogP contribution in [0.1, 0.15) is 70.8 Å². The summed E-state index contributed by atoms with van der Waals surface area (Å²) < 4.78 is 5.51. The summed E-state index contributed by atoms with van der Waals surface area (Å²) in [6.45, 7) is 11.7. The Morgan fingerprint density at radius 1 is 0.950 bits per heavy atom. The molecular weight excluding hydrogens is 244 g/mol. The maximum absolute atomic E-state index is 5.51. The van der Waals surface area contributed by atoms with Crippen molar-refractivity contribution >= 4 is 0 Å². The highest BCUT2D eigenvalue weighted by Gasteiger charge is 2.18. The van der Waals surface area contributed by atoms with Crippen LogP contribution in [0.4, 0.5) is 0 Å². The summed E-state index contributed by atoms with van der Waals surface area (Å²) in [6, 6.07) is 8.52. The second kappa shape index (κ2) is 9.85. The summed E-state index contributed by atoms with van der Waals surface area (Å²) in [6.07, 6.45) is 7.82. The first-order valence-corrected chi connectivity index (χ1v) is 8.28. The van der Waals surface area contributed by atoms with E-state index in [1.807, 2.05) is 6.92 Å². The quantitative estimate of drug-likeness (QED) is 0.476. The van der Waals surface area contributed by atoms with Crippen LogP contribution < -0.4 is 4.74 Å². The van der Waals surface area contributed by atoms with Gasteiger partial charge in [0.2, 0.25) is 0 Å². The van der Waals surface area contributed by atoms with Crippen molar-refractivity contribution in [3.05, 3.63) is 36.8 Å². The zero-order valence-electron chi connectivity index (χ0n) is 13.5. The molecule has 1 aromatic rings. The Balaban J connectivity index is 2.64. The summed E-state index contributed by atoms with van der Waals surface area (Å²) in [5.41, 5.74) is 1.35. The van der Waals surface area contributed by atoms with Crippen LogP contribution in [0.5, 0.6) is 5.75 Å². The Bertz CT molecular complexity index is 341. The van der Waals surface area contributed by atoms with E-state index in [4.69, 9.17) is 4.74 Å². The van der Waals surface area contributed by atoms with Crippen LogP contribution in [-0.4, -0.2) is 6.61 Å². The van der Waals surface area contributed by atoms with Crippen molar-refractivity contribution in [3.8, 4) is 5.75 Å². The van der Waals surface area contributed by atoms with Crippen molar-refractivity contribution in [2.75, 3.05) is 6.61 Å². The number of rotatable bonds is 10.